The van der Waals surface area contributed by atoms with Crippen molar-refractivity contribution in [3.8, 4) is 5.75 Å². The van der Waals surface area contributed by atoms with Gasteiger partial charge in [0.15, 0.2) is 6.04 Å². The van der Waals surface area contributed by atoms with E-state index in [1.807, 2.05) is 0 Å². The molecule has 0 radical (unpaired) electrons. The highest BCUT2D eigenvalue weighted by Crippen LogP contribution is 2.30. The molecule has 142 valence electrons. The van der Waals surface area contributed by atoms with Crippen molar-refractivity contribution in [2.75, 3.05) is 25.7 Å². The van der Waals surface area contributed by atoms with Crippen molar-refractivity contribution in [3.63, 3.8) is 0 Å². The van der Waals surface area contributed by atoms with Crippen LogP contribution in [0.5, 0.6) is 5.75 Å². The number of sulfonamides is 1. The Morgan fingerprint density at radius 1 is 1.07 bits per heavy atom. The number of carbonyl (C=O) groups excluding carboxylic acids is 2. The van der Waals surface area contributed by atoms with Crippen LogP contribution in [-0.4, -0.2) is 51.5 Å². The minimum absolute atomic E-state index is 0.103. The normalized spacial score (nSPS) is 17.1. The summed E-state index contributed by atoms with van der Waals surface area (Å²) in [6.45, 7) is -0.347. The maximum Gasteiger partial charge on any atom is 0.339 e. The Morgan fingerprint density at radius 3 is 2.41 bits per heavy atom. The van der Waals surface area contributed by atoms with Crippen LogP contribution in [0.4, 0.5) is 10.5 Å². The summed E-state index contributed by atoms with van der Waals surface area (Å²) in [6, 6.07) is 12.3. The second-order valence-corrected chi connectivity index (χ2v) is 7.60. The molecule has 1 atom stereocenters. The molecule has 2 amide bonds. The van der Waals surface area contributed by atoms with Crippen molar-refractivity contribution in [1.82, 2.24) is 4.31 Å². The first-order chi connectivity index (χ1) is 12.9. The molecule has 0 bridgehead atoms. The Bertz CT molecular complexity index is 961. The quantitative estimate of drug-likeness (QED) is 0.724. The van der Waals surface area contributed by atoms with Crippen molar-refractivity contribution in [3.05, 3.63) is 54.6 Å². The molecule has 0 N–H and O–H groups in total. The van der Waals surface area contributed by atoms with E-state index < -0.39 is 28.1 Å². The van der Waals surface area contributed by atoms with Gasteiger partial charge in [-0.15, -0.1) is 0 Å². The molecule has 1 fully saturated rings. The SMILES string of the molecule is COC(=O)[C@@H]1CN(S(=O)(=O)c2cccc(OC)c2)C(=O)N1c1ccccc1. The van der Waals surface area contributed by atoms with Gasteiger partial charge in [-0.2, -0.15) is 0 Å². The largest absolute Gasteiger partial charge is 0.497 e. The highest BCUT2D eigenvalue weighted by molar-refractivity contribution is 7.89. The molecular weight excluding hydrogens is 372 g/mol. The van der Waals surface area contributed by atoms with Gasteiger partial charge in [0.1, 0.15) is 5.75 Å². The van der Waals surface area contributed by atoms with Gasteiger partial charge in [0.05, 0.1) is 25.7 Å². The van der Waals surface area contributed by atoms with Gasteiger partial charge in [-0.1, -0.05) is 24.3 Å². The van der Waals surface area contributed by atoms with Gasteiger partial charge in [-0.05, 0) is 24.3 Å². The number of carbonyl (C=O) groups is 2. The van der Waals surface area contributed by atoms with Crippen molar-refractivity contribution >= 4 is 27.7 Å². The topological polar surface area (TPSA) is 93.2 Å². The number of hydrogen-bond acceptors (Lipinski definition) is 6. The summed E-state index contributed by atoms with van der Waals surface area (Å²) in [6.07, 6.45) is 0. The Kier molecular flexibility index (Phi) is 5.04. The number of para-hydroxylation sites is 1. The van der Waals surface area contributed by atoms with Crippen LogP contribution in [0.25, 0.3) is 0 Å². The van der Waals surface area contributed by atoms with E-state index in [2.05, 4.69) is 0 Å². The number of rotatable bonds is 5. The highest BCUT2D eigenvalue weighted by atomic mass is 32.2. The molecule has 1 aliphatic rings. The fraction of sp³-hybridized carbons (Fsp3) is 0.222. The van der Waals surface area contributed by atoms with Crippen LogP contribution in [0, 0.1) is 0 Å². The summed E-state index contributed by atoms with van der Waals surface area (Å²) in [5.74, 6) is -0.359. The lowest BCUT2D eigenvalue weighted by molar-refractivity contribution is -0.141. The van der Waals surface area contributed by atoms with Crippen molar-refractivity contribution in [2.24, 2.45) is 0 Å². The van der Waals surface area contributed by atoms with Gasteiger partial charge in [0, 0.05) is 11.8 Å². The molecule has 2 aromatic rings. The number of ether oxygens (including phenoxy) is 2. The third kappa shape index (κ3) is 3.33. The molecule has 27 heavy (non-hydrogen) atoms. The lowest BCUT2D eigenvalue weighted by Crippen LogP contribution is -2.40. The molecule has 3 rings (SSSR count). The van der Waals surface area contributed by atoms with Crippen LogP contribution in [0.2, 0.25) is 0 Å². The van der Waals surface area contributed by atoms with Crippen LogP contribution in [0.3, 0.4) is 0 Å². The van der Waals surface area contributed by atoms with Gasteiger partial charge in [0.25, 0.3) is 10.0 Å². The molecule has 9 heteroatoms. The summed E-state index contributed by atoms with van der Waals surface area (Å²) in [4.78, 5) is 26.2. The average Bonchev–Trinajstić information content (AvgIpc) is 3.06. The maximum absolute atomic E-state index is 13.0. The average molecular weight is 390 g/mol. The predicted molar refractivity (Wildman–Crippen MR) is 97.0 cm³/mol. The van der Waals surface area contributed by atoms with Crippen LogP contribution in [-0.2, 0) is 19.6 Å². The van der Waals surface area contributed by atoms with E-state index in [9.17, 15) is 18.0 Å². The first kappa shape index (κ1) is 18.7. The zero-order chi connectivity index (χ0) is 19.6. The van der Waals surface area contributed by atoms with Gasteiger partial charge < -0.3 is 9.47 Å². The Labute approximate surface area is 157 Å². The van der Waals surface area contributed by atoms with Gasteiger partial charge in [-0.3, -0.25) is 4.90 Å². The third-order valence-corrected chi connectivity index (χ3v) is 5.94. The van der Waals surface area contributed by atoms with Crippen molar-refractivity contribution in [2.45, 2.75) is 10.9 Å². The number of nitrogens with zero attached hydrogens (tertiary/aromatic N) is 2. The Balaban J connectivity index is 2.03. The molecule has 0 unspecified atom stereocenters. The fourth-order valence-corrected chi connectivity index (χ4v) is 4.26. The minimum Gasteiger partial charge on any atom is -0.497 e. The summed E-state index contributed by atoms with van der Waals surface area (Å²) in [5.41, 5.74) is 0.404. The molecule has 8 nitrogen and oxygen atoms in total. The third-order valence-electron chi connectivity index (χ3n) is 4.21. The number of anilines is 1. The number of urea groups is 1. The van der Waals surface area contributed by atoms with E-state index in [0.29, 0.717) is 15.7 Å². The summed E-state index contributed by atoms with van der Waals surface area (Å²) >= 11 is 0. The predicted octanol–water partition coefficient (Wildman–Crippen LogP) is 1.87. The second kappa shape index (κ2) is 7.28. The Hall–Kier alpha value is -3.07. The summed E-state index contributed by atoms with van der Waals surface area (Å²) in [5, 5.41) is 0. The van der Waals surface area contributed by atoms with E-state index in [-0.39, 0.29) is 11.4 Å². The first-order valence-electron chi connectivity index (χ1n) is 8.03. The fourth-order valence-electron chi connectivity index (χ4n) is 2.86. The molecule has 0 aliphatic carbocycles. The smallest absolute Gasteiger partial charge is 0.339 e. The van der Waals surface area contributed by atoms with E-state index in [0.717, 1.165) is 4.90 Å². The van der Waals surface area contributed by atoms with Crippen molar-refractivity contribution in [1.29, 1.82) is 0 Å². The molecule has 0 saturated carbocycles. The lowest BCUT2D eigenvalue weighted by atomic mass is 10.2. The molecule has 1 saturated heterocycles. The van der Waals surface area contributed by atoms with Gasteiger partial charge in [-0.25, -0.2) is 22.3 Å². The van der Waals surface area contributed by atoms with Gasteiger partial charge >= 0.3 is 12.0 Å². The molecular formula is C18H18N2O6S. The van der Waals surface area contributed by atoms with Crippen LogP contribution in [0.1, 0.15) is 0 Å². The van der Waals surface area contributed by atoms with Crippen LogP contribution < -0.4 is 9.64 Å². The monoisotopic (exact) mass is 390 g/mol. The lowest BCUT2D eigenvalue weighted by Gasteiger charge is -2.21. The molecule has 0 aromatic heterocycles. The maximum atomic E-state index is 13.0. The number of methoxy groups -OCH3 is 2. The number of benzene rings is 2. The second-order valence-electron chi connectivity index (χ2n) is 5.74. The first-order valence-corrected chi connectivity index (χ1v) is 9.47. The highest BCUT2D eigenvalue weighted by Gasteiger charge is 2.48. The summed E-state index contributed by atoms with van der Waals surface area (Å²) < 4.78 is 36.5. The zero-order valence-corrected chi connectivity index (χ0v) is 15.5. The van der Waals surface area contributed by atoms with E-state index >= 15 is 0 Å². The van der Waals surface area contributed by atoms with E-state index in [1.54, 1.807) is 36.4 Å². The zero-order valence-electron chi connectivity index (χ0n) is 14.7. The van der Waals surface area contributed by atoms with Crippen LogP contribution >= 0.6 is 0 Å². The molecule has 2 aromatic carbocycles. The molecule has 0 spiro atoms. The van der Waals surface area contributed by atoms with E-state index in [4.69, 9.17) is 9.47 Å². The Morgan fingerprint density at radius 2 is 1.78 bits per heavy atom. The number of amides is 2. The van der Waals surface area contributed by atoms with Crippen molar-refractivity contribution < 1.29 is 27.5 Å². The van der Waals surface area contributed by atoms with E-state index in [1.165, 1.54) is 32.4 Å². The standard InChI is InChI=1S/C18H18N2O6S/c1-25-14-9-6-10-15(11-14)27(23,24)19-12-16(17(21)26-2)20(18(19)22)13-7-4-3-5-8-13/h3-11,16H,12H2,1-2H3/t16-/m0/s1. The number of esters is 1. The molecule has 1 heterocycles. The minimum atomic E-state index is -4.18. The van der Waals surface area contributed by atoms with Gasteiger partial charge in [0.2, 0.25) is 0 Å². The van der Waals surface area contributed by atoms with Crippen LogP contribution in [0.15, 0.2) is 59.5 Å². The summed E-state index contributed by atoms with van der Waals surface area (Å²) in [7, 11) is -1.58. The number of hydrogen-bond donors (Lipinski definition) is 0. The molecule has 1 aliphatic heterocycles.